The predicted octanol–water partition coefficient (Wildman–Crippen LogP) is 1.92. The Bertz CT molecular complexity index is 417. The van der Waals surface area contributed by atoms with Crippen molar-refractivity contribution in [3.8, 4) is 0 Å². The number of hydrogen-bond donors (Lipinski definition) is 2. The Morgan fingerprint density at radius 1 is 1.50 bits per heavy atom. The van der Waals surface area contributed by atoms with E-state index in [4.69, 9.17) is 5.11 Å². The summed E-state index contributed by atoms with van der Waals surface area (Å²) in [6.07, 6.45) is -0.731. The number of anilines is 1. The van der Waals surface area contributed by atoms with Crippen LogP contribution in [0, 0.1) is 10.1 Å². The molecule has 1 rings (SSSR count). The molecule has 102 valence electrons. The van der Waals surface area contributed by atoms with E-state index in [1.807, 2.05) is 13.8 Å². The minimum Gasteiger partial charge on any atom is -0.395 e. The number of thiophene rings is 1. The standard InChI is InChI=1S/C11H18N2O4S/c1-7(2)12(4-5-14)11-9(13(16)17)6-10(18-11)8(3)15/h6-8,14-15H,4-5H2,1-3H3. The topological polar surface area (TPSA) is 86.8 Å². The highest BCUT2D eigenvalue weighted by Gasteiger charge is 2.26. The van der Waals surface area contributed by atoms with E-state index >= 15 is 0 Å². The summed E-state index contributed by atoms with van der Waals surface area (Å²) in [6, 6.07) is 1.44. The lowest BCUT2D eigenvalue weighted by atomic mass is 10.3. The zero-order chi connectivity index (χ0) is 13.9. The zero-order valence-corrected chi connectivity index (χ0v) is 11.5. The molecule has 0 radical (unpaired) electrons. The van der Waals surface area contributed by atoms with Crippen LogP contribution in [0.4, 0.5) is 10.7 Å². The molecule has 2 N–H and O–H groups in total. The summed E-state index contributed by atoms with van der Waals surface area (Å²) in [5.41, 5.74) is -0.0157. The molecule has 1 atom stereocenters. The molecule has 0 fully saturated rings. The van der Waals surface area contributed by atoms with Gasteiger partial charge in [-0.05, 0) is 20.8 Å². The fourth-order valence-electron chi connectivity index (χ4n) is 1.63. The highest BCUT2D eigenvalue weighted by atomic mass is 32.1. The Hall–Kier alpha value is -1.18. The maximum absolute atomic E-state index is 11.0. The zero-order valence-electron chi connectivity index (χ0n) is 10.7. The first-order valence-corrected chi connectivity index (χ1v) is 6.53. The first-order valence-electron chi connectivity index (χ1n) is 5.72. The van der Waals surface area contributed by atoms with E-state index in [9.17, 15) is 15.2 Å². The van der Waals surface area contributed by atoms with E-state index in [1.54, 1.807) is 11.8 Å². The monoisotopic (exact) mass is 274 g/mol. The fourth-order valence-corrected chi connectivity index (χ4v) is 2.86. The first-order chi connectivity index (χ1) is 8.38. The van der Waals surface area contributed by atoms with Gasteiger partial charge in [0.1, 0.15) is 0 Å². The molecule has 0 amide bonds. The molecule has 0 saturated carbocycles. The van der Waals surface area contributed by atoms with Crippen molar-refractivity contribution < 1.29 is 15.1 Å². The number of nitrogens with zero attached hydrogens (tertiary/aromatic N) is 2. The van der Waals surface area contributed by atoms with E-state index in [1.165, 1.54) is 17.4 Å². The van der Waals surface area contributed by atoms with Gasteiger partial charge in [0.2, 0.25) is 0 Å². The fraction of sp³-hybridized carbons (Fsp3) is 0.636. The quantitative estimate of drug-likeness (QED) is 0.611. The van der Waals surface area contributed by atoms with Crippen molar-refractivity contribution in [2.45, 2.75) is 32.9 Å². The number of aliphatic hydroxyl groups is 2. The Kier molecular flexibility index (Phi) is 5.06. The average Bonchev–Trinajstić information content (AvgIpc) is 2.69. The summed E-state index contributed by atoms with van der Waals surface area (Å²) < 4.78 is 0. The van der Waals surface area contributed by atoms with Crippen LogP contribution in [0.2, 0.25) is 0 Å². The summed E-state index contributed by atoms with van der Waals surface area (Å²) in [6.45, 7) is 5.64. The van der Waals surface area contributed by atoms with Crippen molar-refractivity contribution in [2.75, 3.05) is 18.1 Å². The molecule has 6 nitrogen and oxygen atoms in total. The van der Waals surface area contributed by atoms with Crippen LogP contribution in [0.5, 0.6) is 0 Å². The normalized spacial score (nSPS) is 12.8. The van der Waals surface area contributed by atoms with Crippen LogP contribution in [0.1, 0.15) is 31.8 Å². The van der Waals surface area contributed by atoms with Gasteiger partial charge in [-0.1, -0.05) is 0 Å². The van der Waals surface area contributed by atoms with E-state index in [0.717, 1.165) is 0 Å². The number of hydrogen-bond acceptors (Lipinski definition) is 6. The number of rotatable bonds is 6. The van der Waals surface area contributed by atoms with Crippen LogP contribution in [0.3, 0.4) is 0 Å². The minimum absolute atomic E-state index is 0.0157. The maximum Gasteiger partial charge on any atom is 0.304 e. The van der Waals surface area contributed by atoms with Crippen LogP contribution in [0.25, 0.3) is 0 Å². The third kappa shape index (κ3) is 3.18. The molecule has 0 saturated heterocycles. The molecule has 0 spiro atoms. The smallest absolute Gasteiger partial charge is 0.304 e. The van der Waals surface area contributed by atoms with Gasteiger partial charge >= 0.3 is 5.69 Å². The average molecular weight is 274 g/mol. The van der Waals surface area contributed by atoms with Gasteiger partial charge in [0.25, 0.3) is 0 Å². The van der Waals surface area contributed by atoms with Gasteiger partial charge in [-0.3, -0.25) is 10.1 Å². The van der Waals surface area contributed by atoms with Gasteiger partial charge in [0.05, 0.1) is 17.6 Å². The van der Waals surface area contributed by atoms with Gasteiger partial charge in [-0.2, -0.15) is 0 Å². The van der Waals surface area contributed by atoms with Gasteiger partial charge in [0.15, 0.2) is 5.00 Å². The molecular weight excluding hydrogens is 256 g/mol. The molecule has 1 aromatic heterocycles. The lowest BCUT2D eigenvalue weighted by Crippen LogP contribution is -2.33. The minimum atomic E-state index is -0.731. The largest absolute Gasteiger partial charge is 0.395 e. The number of aliphatic hydroxyl groups excluding tert-OH is 2. The van der Waals surface area contributed by atoms with E-state index in [0.29, 0.717) is 16.4 Å². The van der Waals surface area contributed by atoms with Gasteiger partial charge in [-0.25, -0.2) is 0 Å². The van der Waals surface area contributed by atoms with Crippen molar-refractivity contribution in [1.82, 2.24) is 0 Å². The van der Waals surface area contributed by atoms with Gasteiger partial charge in [-0.15, -0.1) is 11.3 Å². The lowest BCUT2D eigenvalue weighted by Gasteiger charge is -2.25. The molecule has 0 aliphatic carbocycles. The number of nitro groups is 1. The van der Waals surface area contributed by atoms with Gasteiger partial charge < -0.3 is 15.1 Å². The van der Waals surface area contributed by atoms with Gasteiger partial charge in [0, 0.05) is 23.5 Å². The summed E-state index contributed by atoms with van der Waals surface area (Å²) >= 11 is 1.20. The van der Waals surface area contributed by atoms with E-state index in [2.05, 4.69) is 0 Å². The van der Waals surface area contributed by atoms with Crippen LogP contribution < -0.4 is 4.90 Å². The van der Waals surface area contributed by atoms with Crippen molar-refractivity contribution in [3.63, 3.8) is 0 Å². The van der Waals surface area contributed by atoms with E-state index < -0.39 is 11.0 Å². The molecule has 1 heterocycles. The second kappa shape index (κ2) is 6.12. The molecule has 18 heavy (non-hydrogen) atoms. The maximum atomic E-state index is 11.0. The Morgan fingerprint density at radius 2 is 2.11 bits per heavy atom. The summed E-state index contributed by atoms with van der Waals surface area (Å²) in [4.78, 5) is 12.9. The van der Waals surface area contributed by atoms with Crippen LogP contribution in [0.15, 0.2) is 6.07 Å². The first kappa shape index (κ1) is 14.9. The van der Waals surface area contributed by atoms with E-state index in [-0.39, 0.29) is 18.3 Å². The molecular formula is C11H18N2O4S. The molecule has 0 aliphatic rings. The van der Waals surface area contributed by atoms with Crippen molar-refractivity contribution in [1.29, 1.82) is 0 Å². The predicted molar refractivity (Wildman–Crippen MR) is 71.2 cm³/mol. The summed E-state index contributed by atoms with van der Waals surface area (Å²) in [5.74, 6) is 0. The second-order valence-electron chi connectivity index (χ2n) is 4.28. The van der Waals surface area contributed by atoms with Crippen molar-refractivity contribution >= 4 is 22.0 Å². The van der Waals surface area contributed by atoms with Crippen molar-refractivity contribution in [3.05, 3.63) is 21.1 Å². The van der Waals surface area contributed by atoms with Crippen molar-refractivity contribution in [2.24, 2.45) is 0 Å². The molecule has 0 bridgehead atoms. The third-order valence-corrected chi connectivity index (χ3v) is 3.88. The highest BCUT2D eigenvalue weighted by Crippen LogP contribution is 2.40. The highest BCUT2D eigenvalue weighted by molar-refractivity contribution is 7.16. The van der Waals surface area contributed by atoms with Crippen LogP contribution >= 0.6 is 11.3 Å². The Morgan fingerprint density at radius 3 is 2.50 bits per heavy atom. The Labute approximate surface area is 110 Å². The third-order valence-electron chi connectivity index (χ3n) is 2.55. The second-order valence-corrected chi connectivity index (χ2v) is 5.35. The van der Waals surface area contributed by atoms with Crippen LogP contribution in [-0.2, 0) is 0 Å². The molecule has 1 unspecified atom stereocenters. The lowest BCUT2D eigenvalue weighted by molar-refractivity contribution is -0.383. The summed E-state index contributed by atoms with van der Waals surface area (Å²) in [7, 11) is 0. The summed E-state index contributed by atoms with van der Waals surface area (Å²) in [5, 5.41) is 30.1. The molecule has 1 aromatic rings. The SMILES string of the molecule is CC(O)c1cc([N+](=O)[O-])c(N(CCO)C(C)C)s1. The molecule has 0 aliphatic heterocycles. The Balaban J connectivity index is 3.22. The molecule has 7 heteroatoms. The molecule has 0 aromatic carbocycles. The van der Waals surface area contributed by atoms with Crippen LogP contribution in [-0.4, -0.2) is 34.3 Å².